The number of hydrogen-bond donors (Lipinski definition) is 2. The second kappa shape index (κ2) is 6.65. The number of carboxylic acids is 1. The second-order valence-corrected chi connectivity index (χ2v) is 8.18. The highest BCUT2D eigenvalue weighted by atomic mass is 16.4. The van der Waals surface area contributed by atoms with Gasteiger partial charge in [0.1, 0.15) is 5.41 Å². The molecule has 6 nitrogen and oxygen atoms in total. The SMILES string of the molecule is O=C(c1cnc2c(c1)CCCC2)N1CC[C@@H](O)[C@](CC2CC2)(C(=O)O)C1. The lowest BCUT2D eigenvalue weighted by Crippen LogP contribution is -2.57. The molecule has 4 rings (SSSR count). The Balaban J connectivity index is 1.57. The number of fused-ring (bicyclic) bond motifs is 1. The monoisotopic (exact) mass is 358 g/mol. The zero-order chi connectivity index (χ0) is 18.3. The van der Waals surface area contributed by atoms with E-state index in [9.17, 15) is 19.8 Å². The molecule has 0 unspecified atom stereocenters. The van der Waals surface area contributed by atoms with Crippen LogP contribution in [-0.4, -0.2) is 51.2 Å². The summed E-state index contributed by atoms with van der Waals surface area (Å²) in [6.45, 7) is 0.465. The fraction of sp³-hybridized carbons (Fsp3) is 0.650. The van der Waals surface area contributed by atoms with E-state index in [2.05, 4.69) is 4.98 Å². The van der Waals surface area contributed by atoms with Crippen LogP contribution >= 0.6 is 0 Å². The van der Waals surface area contributed by atoms with E-state index in [1.807, 2.05) is 6.07 Å². The molecule has 2 atom stereocenters. The van der Waals surface area contributed by atoms with Gasteiger partial charge in [-0.3, -0.25) is 14.6 Å². The van der Waals surface area contributed by atoms with Crippen molar-refractivity contribution in [2.24, 2.45) is 11.3 Å². The van der Waals surface area contributed by atoms with Crippen molar-refractivity contribution in [3.05, 3.63) is 29.1 Å². The van der Waals surface area contributed by atoms with E-state index in [4.69, 9.17) is 0 Å². The van der Waals surface area contributed by atoms with E-state index in [0.717, 1.165) is 49.8 Å². The number of aryl methyl sites for hydroxylation is 2. The van der Waals surface area contributed by atoms with Crippen LogP contribution in [-0.2, 0) is 17.6 Å². The summed E-state index contributed by atoms with van der Waals surface area (Å²) in [4.78, 5) is 31.1. The summed E-state index contributed by atoms with van der Waals surface area (Å²) in [7, 11) is 0. The van der Waals surface area contributed by atoms with Crippen LogP contribution in [0.4, 0.5) is 0 Å². The zero-order valence-electron chi connectivity index (χ0n) is 15.0. The minimum atomic E-state index is -1.24. The third-order valence-corrected chi connectivity index (χ3v) is 6.26. The predicted molar refractivity (Wildman–Crippen MR) is 94.8 cm³/mol. The van der Waals surface area contributed by atoms with Crippen LogP contribution in [0.15, 0.2) is 12.3 Å². The largest absolute Gasteiger partial charge is 0.481 e. The number of aliphatic hydroxyl groups excluding tert-OH is 1. The summed E-state index contributed by atoms with van der Waals surface area (Å²) in [6, 6.07) is 1.93. The van der Waals surface area contributed by atoms with Gasteiger partial charge in [0, 0.05) is 25.0 Å². The molecule has 2 fully saturated rings. The summed E-state index contributed by atoms with van der Waals surface area (Å²) in [5, 5.41) is 20.3. The molecule has 1 saturated carbocycles. The van der Waals surface area contributed by atoms with Gasteiger partial charge in [0.25, 0.3) is 5.91 Å². The standard InChI is InChI=1S/C20H26N2O4/c23-17-7-8-22(12-20(17,19(25)26)10-13-5-6-13)18(24)15-9-14-3-1-2-4-16(14)21-11-15/h9,11,13,17,23H,1-8,10,12H2,(H,25,26)/t17-,20-/m1/s1. The van der Waals surface area contributed by atoms with Crippen LogP contribution in [0.5, 0.6) is 0 Å². The van der Waals surface area contributed by atoms with E-state index in [1.165, 1.54) is 0 Å². The van der Waals surface area contributed by atoms with Crippen molar-refractivity contribution in [1.29, 1.82) is 0 Å². The third-order valence-electron chi connectivity index (χ3n) is 6.26. The molecule has 6 heteroatoms. The molecule has 0 spiro atoms. The molecule has 1 amide bonds. The number of aromatic nitrogens is 1. The van der Waals surface area contributed by atoms with Gasteiger partial charge in [-0.15, -0.1) is 0 Å². The van der Waals surface area contributed by atoms with Crippen LogP contribution in [0.1, 0.15) is 60.1 Å². The van der Waals surface area contributed by atoms with Crippen LogP contribution < -0.4 is 0 Å². The first-order valence-corrected chi connectivity index (χ1v) is 9.68. The molecular formula is C20H26N2O4. The van der Waals surface area contributed by atoms with E-state index < -0.39 is 17.5 Å². The fourth-order valence-corrected chi connectivity index (χ4v) is 4.48. The molecule has 1 saturated heterocycles. The summed E-state index contributed by atoms with van der Waals surface area (Å²) in [6.07, 6.45) is 7.69. The van der Waals surface area contributed by atoms with Crippen LogP contribution in [0.3, 0.4) is 0 Å². The number of piperidine rings is 1. The van der Waals surface area contributed by atoms with Crippen molar-refractivity contribution >= 4 is 11.9 Å². The number of hydrogen-bond acceptors (Lipinski definition) is 4. The fourth-order valence-electron chi connectivity index (χ4n) is 4.48. The molecular weight excluding hydrogens is 332 g/mol. The Morgan fingerprint density at radius 2 is 2.00 bits per heavy atom. The van der Waals surface area contributed by atoms with Gasteiger partial charge in [-0.2, -0.15) is 0 Å². The summed E-state index contributed by atoms with van der Waals surface area (Å²) in [5.41, 5.74) is 1.52. The Morgan fingerprint density at radius 1 is 1.23 bits per heavy atom. The van der Waals surface area contributed by atoms with Gasteiger partial charge < -0.3 is 15.1 Å². The summed E-state index contributed by atoms with van der Waals surface area (Å²) in [5.74, 6) is -0.793. The Labute approximate surface area is 153 Å². The Kier molecular flexibility index (Phi) is 4.47. The first-order chi connectivity index (χ1) is 12.5. The van der Waals surface area contributed by atoms with Gasteiger partial charge in [0.05, 0.1) is 11.7 Å². The van der Waals surface area contributed by atoms with Gasteiger partial charge >= 0.3 is 5.97 Å². The molecule has 0 aromatic carbocycles. The Hall–Kier alpha value is -1.95. The minimum Gasteiger partial charge on any atom is -0.481 e. The van der Waals surface area contributed by atoms with Crippen LogP contribution in [0.2, 0.25) is 0 Å². The number of rotatable bonds is 4. The number of aliphatic carboxylic acids is 1. The quantitative estimate of drug-likeness (QED) is 0.859. The van der Waals surface area contributed by atoms with Gasteiger partial charge in [-0.1, -0.05) is 12.8 Å². The average molecular weight is 358 g/mol. The molecule has 0 bridgehead atoms. The topological polar surface area (TPSA) is 90.7 Å². The summed E-state index contributed by atoms with van der Waals surface area (Å²) >= 11 is 0. The van der Waals surface area contributed by atoms with Gasteiger partial charge in [-0.25, -0.2) is 0 Å². The van der Waals surface area contributed by atoms with Crippen molar-refractivity contribution in [3.63, 3.8) is 0 Å². The summed E-state index contributed by atoms with van der Waals surface area (Å²) < 4.78 is 0. The first kappa shape index (κ1) is 17.5. The number of amides is 1. The number of carbonyl (C=O) groups is 2. The van der Waals surface area contributed by atoms with Gasteiger partial charge in [0.2, 0.25) is 0 Å². The minimum absolute atomic E-state index is 0.0793. The molecule has 140 valence electrons. The second-order valence-electron chi connectivity index (χ2n) is 8.18. The van der Waals surface area contributed by atoms with Crippen molar-refractivity contribution in [2.75, 3.05) is 13.1 Å². The number of carbonyl (C=O) groups excluding carboxylic acids is 1. The Morgan fingerprint density at radius 3 is 2.73 bits per heavy atom. The number of nitrogens with zero attached hydrogens (tertiary/aromatic N) is 2. The molecule has 2 N–H and O–H groups in total. The highest BCUT2D eigenvalue weighted by Crippen LogP contribution is 2.45. The average Bonchev–Trinajstić information content (AvgIpc) is 3.46. The van der Waals surface area contributed by atoms with Crippen LogP contribution in [0, 0.1) is 11.3 Å². The van der Waals surface area contributed by atoms with E-state index >= 15 is 0 Å². The van der Waals surface area contributed by atoms with Crippen molar-refractivity contribution in [2.45, 2.75) is 57.5 Å². The highest BCUT2D eigenvalue weighted by molar-refractivity contribution is 5.94. The molecule has 3 aliphatic rings. The lowest BCUT2D eigenvalue weighted by molar-refractivity contribution is -0.163. The molecule has 1 aromatic heterocycles. The number of pyridine rings is 1. The van der Waals surface area contributed by atoms with Crippen LogP contribution in [0.25, 0.3) is 0 Å². The normalized spacial score (nSPS) is 28.5. The first-order valence-electron chi connectivity index (χ1n) is 9.68. The third kappa shape index (κ3) is 3.11. The molecule has 0 radical (unpaired) electrons. The van der Waals surface area contributed by atoms with E-state index in [0.29, 0.717) is 30.9 Å². The maximum atomic E-state index is 13.0. The predicted octanol–water partition coefficient (Wildman–Crippen LogP) is 2.04. The number of likely N-dealkylation sites (tertiary alicyclic amines) is 1. The Bertz CT molecular complexity index is 731. The highest BCUT2D eigenvalue weighted by Gasteiger charge is 2.52. The lowest BCUT2D eigenvalue weighted by atomic mass is 9.73. The molecule has 2 heterocycles. The van der Waals surface area contributed by atoms with Crippen molar-refractivity contribution in [1.82, 2.24) is 9.88 Å². The van der Waals surface area contributed by atoms with Gasteiger partial charge in [-0.05, 0) is 56.1 Å². The van der Waals surface area contributed by atoms with Crippen molar-refractivity contribution in [3.8, 4) is 0 Å². The molecule has 2 aliphatic carbocycles. The zero-order valence-corrected chi connectivity index (χ0v) is 15.0. The maximum Gasteiger partial charge on any atom is 0.314 e. The van der Waals surface area contributed by atoms with Gasteiger partial charge in [0.15, 0.2) is 0 Å². The smallest absolute Gasteiger partial charge is 0.314 e. The van der Waals surface area contributed by atoms with E-state index in [1.54, 1.807) is 11.1 Å². The molecule has 26 heavy (non-hydrogen) atoms. The lowest BCUT2D eigenvalue weighted by Gasteiger charge is -2.43. The maximum absolute atomic E-state index is 13.0. The molecule has 1 aliphatic heterocycles. The number of aliphatic hydroxyl groups is 1. The number of carboxylic acid groups (broad SMARTS) is 1. The van der Waals surface area contributed by atoms with Crippen molar-refractivity contribution < 1.29 is 19.8 Å². The molecule has 1 aromatic rings. The van der Waals surface area contributed by atoms with E-state index in [-0.39, 0.29) is 12.5 Å².